The lowest BCUT2D eigenvalue weighted by Crippen LogP contribution is -1.84. The van der Waals surface area contributed by atoms with Crippen LogP contribution in [0.5, 0.6) is 5.75 Å². The first kappa shape index (κ1) is 10.5. The van der Waals surface area contributed by atoms with Gasteiger partial charge >= 0.3 is 0 Å². The predicted octanol–water partition coefficient (Wildman–Crippen LogP) is 2.24. The number of rotatable bonds is 2. The van der Waals surface area contributed by atoms with Crippen LogP contribution in [0, 0.1) is 0 Å². The lowest BCUT2D eigenvalue weighted by molar-refractivity contribution is 0.475. The zero-order chi connectivity index (χ0) is 12.4. The zero-order valence-electron chi connectivity index (χ0n) is 9.41. The molecule has 3 aromatic rings. The molecule has 2 aromatic heterocycles. The fourth-order valence-corrected chi connectivity index (χ4v) is 1.65. The third-order valence-electron chi connectivity index (χ3n) is 2.50. The van der Waals surface area contributed by atoms with Gasteiger partial charge in [-0.2, -0.15) is 5.10 Å². The Morgan fingerprint density at radius 3 is 2.78 bits per heavy atom. The van der Waals surface area contributed by atoms with E-state index in [1.165, 1.54) is 0 Å². The summed E-state index contributed by atoms with van der Waals surface area (Å²) in [7, 11) is 0. The maximum atomic E-state index is 9.42. The van der Waals surface area contributed by atoms with Crippen molar-refractivity contribution in [2.45, 2.75) is 0 Å². The molecule has 0 bridgehead atoms. The van der Waals surface area contributed by atoms with Crippen LogP contribution in [0.15, 0.2) is 48.7 Å². The van der Waals surface area contributed by atoms with Crippen molar-refractivity contribution in [3.63, 3.8) is 0 Å². The van der Waals surface area contributed by atoms with Crippen LogP contribution in [-0.4, -0.2) is 25.3 Å². The van der Waals surface area contributed by atoms with Crippen LogP contribution in [0.1, 0.15) is 0 Å². The zero-order valence-corrected chi connectivity index (χ0v) is 9.41. The summed E-state index contributed by atoms with van der Waals surface area (Å²) in [5.74, 6) is 1.33. The number of aromatic nitrogens is 4. The lowest BCUT2D eigenvalue weighted by atomic mass is 10.2. The minimum atomic E-state index is 0.191. The first-order chi connectivity index (χ1) is 8.83. The highest BCUT2D eigenvalue weighted by Gasteiger charge is 2.08. The van der Waals surface area contributed by atoms with Crippen LogP contribution in [0.2, 0.25) is 0 Å². The van der Waals surface area contributed by atoms with Gasteiger partial charge in [0.1, 0.15) is 11.4 Å². The number of nitrogens with zero attached hydrogens (tertiary/aromatic N) is 3. The largest absolute Gasteiger partial charge is 0.508 e. The summed E-state index contributed by atoms with van der Waals surface area (Å²) < 4.78 is 0. The minimum absolute atomic E-state index is 0.191. The summed E-state index contributed by atoms with van der Waals surface area (Å²) in [5, 5.41) is 16.4. The summed E-state index contributed by atoms with van der Waals surface area (Å²) in [5.41, 5.74) is 1.49. The standard InChI is InChI=1S/C13H10N4O/c18-10-5-3-4-9(8-10)12-15-13(17-16-12)11-6-1-2-7-14-11/h1-8,18H,(H,15,16,17). The molecule has 0 saturated heterocycles. The number of phenolic OH excluding ortho intramolecular Hbond substituents is 1. The van der Waals surface area contributed by atoms with E-state index in [-0.39, 0.29) is 5.75 Å². The highest BCUT2D eigenvalue weighted by molar-refractivity contribution is 5.60. The quantitative estimate of drug-likeness (QED) is 0.718. The van der Waals surface area contributed by atoms with Gasteiger partial charge in [-0.1, -0.05) is 18.2 Å². The fourth-order valence-electron chi connectivity index (χ4n) is 1.65. The molecule has 0 fully saturated rings. The van der Waals surface area contributed by atoms with Gasteiger partial charge in [0, 0.05) is 11.8 Å². The SMILES string of the molecule is Oc1cccc(-c2n[nH]c(-c3ccccn3)n2)c1. The fraction of sp³-hybridized carbons (Fsp3) is 0. The van der Waals surface area contributed by atoms with Gasteiger partial charge in [-0.25, -0.2) is 4.98 Å². The van der Waals surface area contributed by atoms with Crippen LogP contribution in [0.3, 0.4) is 0 Å². The smallest absolute Gasteiger partial charge is 0.181 e. The van der Waals surface area contributed by atoms with E-state index in [0.717, 1.165) is 11.3 Å². The molecule has 0 aliphatic rings. The van der Waals surface area contributed by atoms with Crippen LogP contribution in [0.4, 0.5) is 0 Å². The predicted molar refractivity (Wildman–Crippen MR) is 66.7 cm³/mol. The van der Waals surface area contributed by atoms with Crippen LogP contribution >= 0.6 is 0 Å². The van der Waals surface area contributed by atoms with Crippen molar-refractivity contribution in [3.8, 4) is 28.7 Å². The van der Waals surface area contributed by atoms with Crippen molar-refractivity contribution in [2.75, 3.05) is 0 Å². The molecule has 0 spiro atoms. The van der Waals surface area contributed by atoms with Gasteiger partial charge in [0.05, 0.1) is 0 Å². The van der Waals surface area contributed by atoms with Crippen molar-refractivity contribution in [2.24, 2.45) is 0 Å². The van der Waals surface area contributed by atoms with Crippen LogP contribution < -0.4 is 0 Å². The Kier molecular flexibility index (Phi) is 2.49. The average molecular weight is 238 g/mol. The van der Waals surface area contributed by atoms with Gasteiger partial charge in [-0.15, -0.1) is 0 Å². The molecule has 0 aliphatic heterocycles. The molecule has 2 N–H and O–H groups in total. The number of aromatic amines is 1. The molecule has 88 valence electrons. The molecule has 0 atom stereocenters. The van der Waals surface area contributed by atoms with Gasteiger partial charge in [0.15, 0.2) is 11.6 Å². The summed E-state index contributed by atoms with van der Waals surface area (Å²) >= 11 is 0. The second-order valence-electron chi connectivity index (χ2n) is 3.77. The Bertz CT molecular complexity index is 664. The molecular weight excluding hydrogens is 228 g/mol. The summed E-state index contributed by atoms with van der Waals surface area (Å²) in [6.07, 6.45) is 1.70. The van der Waals surface area contributed by atoms with Crippen LogP contribution in [0.25, 0.3) is 22.9 Å². The van der Waals surface area contributed by atoms with Crippen molar-refractivity contribution in [1.82, 2.24) is 20.2 Å². The van der Waals surface area contributed by atoms with Gasteiger partial charge in [-0.3, -0.25) is 10.1 Å². The van der Waals surface area contributed by atoms with Crippen molar-refractivity contribution in [1.29, 1.82) is 0 Å². The van der Waals surface area contributed by atoms with E-state index in [1.807, 2.05) is 24.3 Å². The number of nitrogens with one attached hydrogen (secondary N) is 1. The van der Waals surface area contributed by atoms with E-state index in [9.17, 15) is 5.11 Å². The maximum Gasteiger partial charge on any atom is 0.181 e. The van der Waals surface area contributed by atoms with E-state index < -0.39 is 0 Å². The van der Waals surface area contributed by atoms with Gasteiger partial charge in [-0.05, 0) is 24.3 Å². The van der Waals surface area contributed by atoms with Gasteiger partial charge < -0.3 is 5.11 Å². The Hall–Kier alpha value is -2.69. The number of benzene rings is 1. The third kappa shape index (κ3) is 1.93. The monoisotopic (exact) mass is 238 g/mol. The topological polar surface area (TPSA) is 74.7 Å². The molecule has 1 aromatic carbocycles. The molecule has 5 heteroatoms. The number of hydrogen-bond donors (Lipinski definition) is 2. The van der Waals surface area contributed by atoms with Crippen molar-refractivity contribution < 1.29 is 5.11 Å². The second-order valence-corrected chi connectivity index (χ2v) is 3.77. The molecule has 0 radical (unpaired) electrons. The molecule has 0 aliphatic carbocycles. The van der Waals surface area contributed by atoms with Gasteiger partial charge in [0.2, 0.25) is 0 Å². The maximum absolute atomic E-state index is 9.42. The first-order valence-corrected chi connectivity index (χ1v) is 5.46. The lowest BCUT2D eigenvalue weighted by Gasteiger charge is -1.95. The molecule has 18 heavy (non-hydrogen) atoms. The number of pyridine rings is 1. The molecule has 0 amide bonds. The number of aromatic hydroxyl groups is 1. The summed E-state index contributed by atoms with van der Waals surface area (Å²) in [6, 6.07) is 12.4. The average Bonchev–Trinajstić information content (AvgIpc) is 2.89. The number of phenols is 1. The summed E-state index contributed by atoms with van der Waals surface area (Å²) in [6.45, 7) is 0. The van der Waals surface area contributed by atoms with E-state index in [2.05, 4.69) is 20.2 Å². The summed E-state index contributed by atoms with van der Waals surface area (Å²) in [4.78, 5) is 8.54. The minimum Gasteiger partial charge on any atom is -0.508 e. The highest BCUT2D eigenvalue weighted by atomic mass is 16.3. The molecule has 0 unspecified atom stereocenters. The van der Waals surface area contributed by atoms with E-state index in [4.69, 9.17) is 0 Å². The number of hydrogen-bond acceptors (Lipinski definition) is 4. The van der Waals surface area contributed by atoms with E-state index >= 15 is 0 Å². The number of H-pyrrole nitrogens is 1. The van der Waals surface area contributed by atoms with Crippen molar-refractivity contribution in [3.05, 3.63) is 48.7 Å². The Morgan fingerprint density at radius 1 is 1.06 bits per heavy atom. The van der Waals surface area contributed by atoms with Crippen molar-refractivity contribution >= 4 is 0 Å². The normalized spacial score (nSPS) is 10.4. The van der Waals surface area contributed by atoms with E-state index in [0.29, 0.717) is 11.6 Å². The first-order valence-electron chi connectivity index (χ1n) is 5.46. The van der Waals surface area contributed by atoms with Crippen LogP contribution in [-0.2, 0) is 0 Å². The Morgan fingerprint density at radius 2 is 2.00 bits per heavy atom. The van der Waals surface area contributed by atoms with E-state index in [1.54, 1.807) is 24.4 Å². The third-order valence-corrected chi connectivity index (χ3v) is 2.50. The molecule has 3 rings (SSSR count). The molecule has 0 saturated carbocycles. The molecular formula is C13H10N4O. The molecule has 5 nitrogen and oxygen atoms in total. The molecule has 2 heterocycles. The highest BCUT2D eigenvalue weighted by Crippen LogP contribution is 2.21. The van der Waals surface area contributed by atoms with Gasteiger partial charge in [0.25, 0.3) is 0 Å². The Labute approximate surface area is 103 Å². The Balaban J connectivity index is 2.00. The second kappa shape index (κ2) is 4.29.